The van der Waals surface area contributed by atoms with Gasteiger partial charge < -0.3 is 15.1 Å². The Bertz CT molecular complexity index is 1330. The molecular formula is C31H37ClN6S. The molecule has 0 amide bonds. The molecular weight excluding hydrogens is 524 g/mol. The van der Waals surface area contributed by atoms with Gasteiger partial charge in [0, 0.05) is 47.9 Å². The number of piperidine rings is 2. The molecule has 4 aliphatic rings. The summed E-state index contributed by atoms with van der Waals surface area (Å²) in [4.78, 5) is 19.9. The molecule has 3 aliphatic heterocycles. The maximum Gasteiger partial charge on any atom is 0.147 e. The monoisotopic (exact) mass is 560 g/mol. The van der Waals surface area contributed by atoms with Crippen LogP contribution in [0.15, 0.2) is 81.3 Å². The summed E-state index contributed by atoms with van der Waals surface area (Å²) in [6.07, 6.45) is 15.3. The first-order valence-electron chi connectivity index (χ1n) is 14.2. The molecule has 6 nitrogen and oxygen atoms in total. The second-order valence-corrected chi connectivity index (χ2v) is 12.7. The molecule has 1 aliphatic carbocycles. The fourth-order valence-corrected chi connectivity index (χ4v) is 7.67. The lowest BCUT2D eigenvalue weighted by atomic mass is 9.77. The lowest BCUT2D eigenvalue weighted by molar-refractivity contribution is 0.226. The number of amidine groups is 1. The van der Waals surface area contributed by atoms with Gasteiger partial charge in [-0.25, -0.2) is 15.0 Å². The maximum atomic E-state index is 6.88. The third-order valence-corrected chi connectivity index (χ3v) is 10.3. The third kappa shape index (κ3) is 5.36. The molecule has 2 aromatic rings. The van der Waals surface area contributed by atoms with Gasteiger partial charge in [-0.2, -0.15) is 0 Å². The summed E-state index contributed by atoms with van der Waals surface area (Å²) in [5, 5.41) is 4.90. The Labute approximate surface area is 241 Å². The van der Waals surface area contributed by atoms with Crippen molar-refractivity contribution in [3.63, 3.8) is 0 Å². The highest BCUT2D eigenvalue weighted by Gasteiger charge is 2.37. The first-order chi connectivity index (χ1) is 18.9. The number of nitrogens with zero attached hydrogens (tertiary/aromatic N) is 5. The zero-order chi connectivity index (χ0) is 27.0. The van der Waals surface area contributed by atoms with E-state index in [-0.39, 0.29) is 0 Å². The Morgan fingerprint density at radius 1 is 1.03 bits per heavy atom. The molecule has 0 atom stereocenters. The second kappa shape index (κ2) is 11.0. The number of hydrogen-bond acceptors (Lipinski definition) is 7. The van der Waals surface area contributed by atoms with Gasteiger partial charge in [0.2, 0.25) is 0 Å². The van der Waals surface area contributed by atoms with Gasteiger partial charge in [-0.05, 0) is 63.0 Å². The van der Waals surface area contributed by atoms with Crippen LogP contribution in [0.5, 0.6) is 0 Å². The van der Waals surface area contributed by atoms with E-state index in [1.54, 1.807) is 0 Å². The van der Waals surface area contributed by atoms with Gasteiger partial charge in [0.15, 0.2) is 0 Å². The molecule has 1 saturated carbocycles. The van der Waals surface area contributed by atoms with Gasteiger partial charge in [0.25, 0.3) is 0 Å². The maximum absolute atomic E-state index is 6.88. The average molecular weight is 561 g/mol. The fourth-order valence-electron chi connectivity index (χ4n) is 6.59. The molecule has 6 rings (SSSR count). The molecule has 0 radical (unpaired) electrons. The van der Waals surface area contributed by atoms with Crippen LogP contribution in [0, 0.1) is 5.41 Å². The minimum Gasteiger partial charge on any atom is -0.355 e. The quantitative estimate of drug-likeness (QED) is 0.385. The van der Waals surface area contributed by atoms with Crippen molar-refractivity contribution in [2.75, 3.05) is 29.9 Å². The van der Waals surface area contributed by atoms with Crippen LogP contribution in [0.4, 0.5) is 11.5 Å². The van der Waals surface area contributed by atoms with E-state index in [0.717, 1.165) is 82.4 Å². The van der Waals surface area contributed by atoms with Crippen molar-refractivity contribution in [2.45, 2.75) is 74.6 Å². The molecule has 1 N–H and O–H groups in total. The molecule has 3 fully saturated rings. The van der Waals surface area contributed by atoms with E-state index in [1.165, 1.54) is 56.7 Å². The van der Waals surface area contributed by atoms with E-state index >= 15 is 0 Å². The molecule has 1 aromatic heterocycles. The van der Waals surface area contributed by atoms with E-state index in [1.807, 2.05) is 37.5 Å². The first-order valence-corrected chi connectivity index (χ1v) is 15.4. The summed E-state index contributed by atoms with van der Waals surface area (Å²) in [6, 6.07) is 5.98. The van der Waals surface area contributed by atoms with Crippen LogP contribution < -0.4 is 10.2 Å². The molecule has 1 spiro atoms. The molecule has 8 heteroatoms. The largest absolute Gasteiger partial charge is 0.355 e. The number of halogens is 1. The topological polar surface area (TPSA) is 56.7 Å². The van der Waals surface area contributed by atoms with E-state index in [4.69, 9.17) is 26.6 Å². The van der Waals surface area contributed by atoms with Crippen LogP contribution in [-0.4, -0.2) is 40.3 Å². The zero-order valence-corrected chi connectivity index (χ0v) is 24.4. The highest BCUT2D eigenvalue weighted by molar-refractivity contribution is 7.99. The van der Waals surface area contributed by atoms with Crippen molar-refractivity contribution in [1.82, 2.24) is 14.9 Å². The van der Waals surface area contributed by atoms with Crippen LogP contribution >= 0.6 is 23.4 Å². The molecule has 1 aromatic carbocycles. The number of aliphatic imine (C=N–C) groups is 1. The van der Waals surface area contributed by atoms with Crippen LogP contribution in [0.1, 0.15) is 64.7 Å². The summed E-state index contributed by atoms with van der Waals surface area (Å²) in [6.45, 7) is 13.8. The van der Waals surface area contributed by atoms with Crippen molar-refractivity contribution < 1.29 is 0 Å². The number of allylic oxidation sites excluding steroid dienone is 1. The summed E-state index contributed by atoms with van der Waals surface area (Å²) >= 11 is 8.40. The van der Waals surface area contributed by atoms with Crippen LogP contribution in [0.3, 0.4) is 0 Å². The highest BCUT2D eigenvalue weighted by atomic mass is 35.5. The van der Waals surface area contributed by atoms with Crippen molar-refractivity contribution in [3.8, 4) is 0 Å². The Morgan fingerprint density at radius 2 is 1.82 bits per heavy atom. The molecule has 2 saturated heterocycles. The number of anilines is 2. The smallest absolute Gasteiger partial charge is 0.147 e. The standard InChI is InChI=1S/C31H37ClN6S/c1-21(29-22(2)36-26-11-4-7-16-38(26)23(29)3)35-24-9-8-10-25(30(24)32)39-28-20-33-27(19-34-28)37-17-14-31(15-18-37)12-5-6-13-31/h8-10,19-20,35H,1,3-7,11-18H2,2H3. The summed E-state index contributed by atoms with van der Waals surface area (Å²) in [5.41, 5.74) is 5.00. The Kier molecular flexibility index (Phi) is 7.47. The summed E-state index contributed by atoms with van der Waals surface area (Å²) < 4.78 is 0. The first kappa shape index (κ1) is 26.5. The van der Waals surface area contributed by atoms with E-state index in [2.05, 4.69) is 28.3 Å². The fraction of sp³-hybridized carbons (Fsp3) is 0.452. The van der Waals surface area contributed by atoms with Crippen LogP contribution in [-0.2, 0) is 0 Å². The number of rotatable bonds is 6. The minimum atomic E-state index is 0.601. The summed E-state index contributed by atoms with van der Waals surface area (Å²) in [7, 11) is 0. The molecule has 0 unspecified atom stereocenters. The van der Waals surface area contributed by atoms with Gasteiger partial charge in [0.1, 0.15) is 16.7 Å². The van der Waals surface area contributed by atoms with Crippen molar-refractivity contribution in [2.24, 2.45) is 10.4 Å². The van der Waals surface area contributed by atoms with Crippen LogP contribution in [0.2, 0.25) is 5.02 Å². The van der Waals surface area contributed by atoms with E-state index in [0.29, 0.717) is 10.4 Å². The Balaban J connectivity index is 1.12. The molecule has 0 bridgehead atoms. The molecule has 4 heterocycles. The highest BCUT2D eigenvalue weighted by Crippen LogP contribution is 2.46. The van der Waals surface area contributed by atoms with Gasteiger partial charge in [0.05, 0.1) is 28.8 Å². The Hall–Kier alpha value is -2.77. The number of aromatic nitrogens is 2. The van der Waals surface area contributed by atoms with Crippen LogP contribution in [0.25, 0.3) is 0 Å². The van der Waals surface area contributed by atoms with Gasteiger partial charge >= 0.3 is 0 Å². The van der Waals surface area contributed by atoms with Gasteiger partial charge in [-0.15, -0.1) is 0 Å². The third-order valence-electron chi connectivity index (χ3n) is 8.81. The normalized spacial score (nSPS) is 20.8. The predicted molar refractivity (Wildman–Crippen MR) is 163 cm³/mol. The molecule has 204 valence electrons. The number of hydrogen-bond donors (Lipinski definition) is 1. The van der Waals surface area contributed by atoms with E-state index in [9.17, 15) is 0 Å². The number of nitrogens with one attached hydrogen (secondary N) is 1. The SMILES string of the molecule is C=C(Nc1cccc(Sc2cnc(N3CCC4(CCCC4)CC3)cn2)c1Cl)C1=C(C)N=C2CCCCN2C1=C. The zero-order valence-electron chi connectivity index (χ0n) is 22.8. The summed E-state index contributed by atoms with van der Waals surface area (Å²) in [5.74, 6) is 2.09. The lowest BCUT2D eigenvalue weighted by Crippen LogP contribution is -2.39. The number of benzene rings is 1. The second-order valence-electron chi connectivity index (χ2n) is 11.3. The number of fused-ring (bicyclic) bond motifs is 1. The molecule has 39 heavy (non-hydrogen) atoms. The minimum absolute atomic E-state index is 0.601. The van der Waals surface area contributed by atoms with Gasteiger partial charge in [-0.1, -0.05) is 55.4 Å². The van der Waals surface area contributed by atoms with E-state index < -0.39 is 0 Å². The average Bonchev–Trinajstić information content (AvgIpc) is 3.39. The predicted octanol–water partition coefficient (Wildman–Crippen LogP) is 8.05. The van der Waals surface area contributed by atoms with Crippen molar-refractivity contribution in [1.29, 1.82) is 0 Å². The van der Waals surface area contributed by atoms with Crippen molar-refractivity contribution >= 4 is 40.7 Å². The Morgan fingerprint density at radius 3 is 2.56 bits per heavy atom. The van der Waals surface area contributed by atoms with Gasteiger partial charge in [-0.3, -0.25) is 0 Å². The lowest BCUT2D eigenvalue weighted by Gasteiger charge is -2.39. The van der Waals surface area contributed by atoms with Crippen molar-refractivity contribution in [3.05, 3.63) is 71.4 Å².